The summed E-state index contributed by atoms with van der Waals surface area (Å²) in [5, 5.41) is 2.98. The Labute approximate surface area is 74.0 Å². The maximum Gasteiger partial charge on any atom is 0.220 e. The van der Waals surface area contributed by atoms with Crippen LogP contribution in [0.4, 0.5) is 0 Å². The number of amides is 1. The van der Waals surface area contributed by atoms with Crippen LogP contribution in [-0.4, -0.2) is 11.9 Å². The van der Waals surface area contributed by atoms with Gasteiger partial charge in [-0.2, -0.15) is 0 Å². The molecule has 12 heavy (non-hydrogen) atoms. The highest BCUT2D eigenvalue weighted by molar-refractivity contribution is 5.77. The average molecular weight is 167 g/mol. The van der Waals surface area contributed by atoms with Gasteiger partial charge >= 0.3 is 0 Å². The highest BCUT2D eigenvalue weighted by atomic mass is 16.1. The molecular formula is C10H17NO. The smallest absolute Gasteiger partial charge is 0.220 e. The zero-order chi connectivity index (χ0) is 8.97. The molecule has 1 atom stereocenters. The molecule has 2 nitrogen and oxygen atoms in total. The summed E-state index contributed by atoms with van der Waals surface area (Å²) in [6.45, 7) is 4.34. The largest absolute Gasteiger partial charge is 0.350 e. The summed E-state index contributed by atoms with van der Waals surface area (Å²) in [6.07, 6.45) is 6.80. The minimum absolute atomic E-state index is 0.186. The number of rotatable bonds is 2. The van der Waals surface area contributed by atoms with Gasteiger partial charge in [-0.05, 0) is 18.8 Å². The molecule has 0 saturated carbocycles. The minimum Gasteiger partial charge on any atom is -0.350 e. The van der Waals surface area contributed by atoms with Crippen LogP contribution in [0.2, 0.25) is 0 Å². The van der Waals surface area contributed by atoms with Crippen molar-refractivity contribution >= 4 is 5.91 Å². The third-order valence-corrected chi connectivity index (χ3v) is 1.98. The van der Waals surface area contributed by atoms with E-state index in [2.05, 4.69) is 31.3 Å². The number of hydrogen-bond acceptors (Lipinski definition) is 1. The fraction of sp³-hybridized carbons (Fsp3) is 0.700. The lowest BCUT2D eigenvalue weighted by Crippen LogP contribution is -2.32. The first-order chi connectivity index (χ1) is 5.68. The van der Waals surface area contributed by atoms with Gasteiger partial charge in [0.05, 0.1) is 0 Å². The molecule has 0 aromatic carbocycles. The van der Waals surface area contributed by atoms with Crippen molar-refractivity contribution in [2.45, 2.75) is 39.2 Å². The summed E-state index contributed by atoms with van der Waals surface area (Å²) in [5.74, 6) is 0.823. The second kappa shape index (κ2) is 4.29. The Kier molecular flexibility index (Phi) is 3.32. The van der Waals surface area contributed by atoms with Crippen LogP contribution < -0.4 is 5.32 Å². The lowest BCUT2D eigenvalue weighted by Gasteiger charge is -2.15. The van der Waals surface area contributed by atoms with E-state index in [1.165, 1.54) is 0 Å². The molecule has 0 aromatic rings. The van der Waals surface area contributed by atoms with Crippen molar-refractivity contribution < 1.29 is 4.79 Å². The number of hydrogen-bond donors (Lipinski definition) is 1. The summed E-state index contributed by atoms with van der Waals surface area (Å²) in [6, 6.07) is 0.264. The zero-order valence-corrected chi connectivity index (χ0v) is 7.84. The van der Waals surface area contributed by atoms with Gasteiger partial charge in [0.25, 0.3) is 0 Å². The lowest BCUT2D eigenvalue weighted by molar-refractivity contribution is -0.121. The molecule has 1 aliphatic rings. The minimum atomic E-state index is 0.186. The summed E-state index contributed by atoms with van der Waals surface area (Å²) in [4.78, 5) is 11.1. The van der Waals surface area contributed by atoms with Crippen LogP contribution in [-0.2, 0) is 4.79 Å². The SMILES string of the molecule is CC(C)C[C@H]1C=CCCC(=O)N1. The van der Waals surface area contributed by atoms with E-state index < -0.39 is 0 Å². The molecule has 2 heteroatoms. The van der Waals surface area contributed by atoms with Gasteiger partial charge in [0.1, 0.15) is 0 Å². The maximum absolute atomic E-state index is 11.1. The first-order valence-corrected chi connectivity index (χ1v) is 4.64. The van der Waals surface area contributed by atoms with Gasteiger partial charge in [0.2, 0.25) is 5.91 Å². The molecule has 0 fully saturated rings. The summed E-state index contributed by atoms with van der Waals surface area (Å²) in [5.41, 5.74) is 0. The topological polar surface area (TPSA) is 29.1 Å². The summed E-state index contributed by atoms with van der Waals surface area (Å²) >= 11 is 0. The predicted octanol–water partition coefficient (Wildman–Crippen LogP) is 1.87. The first kappa shape index (κ1) is 9.30. The molecule has 0 unspecified atom stereocenters. The molecule has 68 valence electrons. The van der Waals surface area contributed by atoms with Crippen molar-refractivity contribution in [2.24, 2.45) is 5.92 Å². The van der Waals surface area contributed by atoms with Crippen LogP contribution in [0.3, 0.4) is 0 Å². The van der Waals surface area contributed by atoms with E-state index in [1.54, 1.807) is 0 Å². The third kappa shape index (κ3) is 3.07. The lowest BCUT2D eigenvalue weighted by atomic mass is 10.0. The molecule has 0 radical (unpaired) electrons. The molecule has 1 heterocycles. The molecule has 0 aromatic heterocycles. The summed E-state index contributed by atoms with van der Waals surface area (Å²) in [7, 11) is 0. The first-order valence-electron chi connectivity index (χ1n) is 4.64. The van der Waals surface area contributed by atoms with Crippen LogP contribution >= 0.6 is 0 Å². The molecular weight excluding hydrogens is 150 g/mol. The number of carbonyl (C=O) groups excluding carboxylic acids is 1. The van der Waals surface area contributed by atoms with Gasteiger partial charge in [0.15, 0.2) is 0 Å². The maximum atomic E-state index is 11.1. The Balaban J connectivity index is 2.45. The molecule has 1 amide bonds. The van der Waals surface area contributed by atoms with Gasteiger partial charge < -0.3 is 5.32 Å². The average Bonchev–Trinajstić information content (AvgIpc) is 2.12. The monoisotopic (exact) mass is 167 g/mol. The zero-order valence-electron chi connectivity index (χ0n) is 7.84. The van der Waals surface area contributed by atoms with E-state index in [9.17, 15) is 4.79 Å². The Morgan fingerprint density at radius 3 is 3.08 bits per heavy atom. The van der Waals surface area contributed by atoms with Gasteiger partial charge in [-0.25, -0.2) is 0 Å². The Hall–Kier alpha value is -0.790. The Bertz CT molecular complexity index is 184. The number of carbonyl (C=O) groups is 1. The quantitative estimate of drug-likeness (QED) is 0.625. The van der Waals surface area contributed by atoms with Crippen LogP contribution in [0.1, 0.15) is 33.1 Å². The van der Waals surface area contributed by atoms with Gasteiger partial charge in [0, 0.05) is 12.5 Å². The summed E-state index contributed by atoms with van der Waals surface area (Å²) < 4.78 is 0. The second-order valence-corrected chi connectivity index (χ2v) is 3.77. The number of allylic oxidation sites excluding steroid dienone is 1. The molecule has 0 saturated heterocycles. The van der Waals surface area contributed by atoms with Crippen molar-refractivity contribution in [3.05, 3.63) is 12.2 Å². The van der Waals surface area contributed by atoms with E-state index in [4.69, 9.17) is 0 Å². The van der Waals surface area contributed by atoms with Crippen molar-refractivity contribution in [3.63, 3.8) is 0 Å². The highest BCUT2D eigenvalue weighted by Crippen LogP contribution is 2.09. The third-order valence-electron chi connectivity index (χ3n) is 1.98. The van der Waals surface area contributed by atoms with Gasteiger partial charge in [-0.3, -0.25) is 4.79 Å². The Morgan fingerprint density at radius 2 is 2.42 bits per heavy atom. The molecule has 0 spiro atoms. The van der Waals surface area contributed by atoms with Crippen molar-refractivity contribution in [2.75, 3.05) is 0 Å². The van der Waals surface area contributed by atoms with Crippen molar-refractivity contribution in [1.29, 1.82) is 0 Å². The molecule has 1 N–H and O–H groups in total. The fourth-order valence-corrected chi connectivity index (χ4v) is 1.45. The highest BCUT2D eigenvalue weighted by Gasteiger charge is 2.12. The standard InChI is InChI=1S/C10H17NO/c1-8(2)7-9-5-3-4-6-10(12)11-9/h3,5,8-9H,4,6-7H2,1-2H3,(H,11,12)/t9-/m1/s1. The number of nitrogens with one attached hydrogen (secondary N) is 1. The van der Waals surface area contributed by atoms with E-state index in [1.807, 2.05) is 0 Å². The van der Waals surface area contributed by atoms with E-state index >= 15 is 0 Å². The van der Waals surface area contributed by atoms with Crippen LogP contribution in [0.25, 0.3) is 0 Å². The molecule has 1 rings (SSSR count). The molecule has 0 aliphatic carbocycles. The van der Waals surface area contributed by atoms with E-state index in [0.717, 1.165) is 12.8 Å². The van der Waals surface area contributed by atoms with Gasteiger partial charge in [-0.1, -0.05) is 26.0 Å². The Morgan fingerprint density at radius 1 is 1.67 bits per heavy atom. The van der Waals surface area contributed by atoms with Crippen LogP contribution in [0.5, 0.6) is 0 Å². The molecule has 0 bridgehead atoms. The van der Waals surface area contributed by atoms with E-state index in [-0.39, 0.29) is 11.9 Å². The fourth-order valence-electron chi connectivity index (χ4n) is 1.45. The van der Waals surface area contributed by atoms with Crippen molar-refractivity contribution in [1.82, 2.24) is 5.32 Å². The van der Waals surface area contributed by atoms with Crippen LogP contribution in [0, 0.1) is 5.92 Å². The second-order valence-electron chi connectivity index (χ2n) is 3.77. The van der Waals surface area contributed by atoms with E-state index in [0.29, 0.717) is 12.3 Å². The van der Waals surface area contributed by atoms with Gasteiger partial charge in [-0.15, -0.1) is 0 Å². The normalized spacial score (nSPS) is 23.9. The molecule has 1 aliphatic heterocycles. The van der Waals surface area contributed by atoms with Crippen molar-refractivity contribution in [3.8, 4) is 0 Å². The van der Waals surface area contributed by atoms with Crippen LogP contribution in [0.15, 0.2) is 12.2 Å². The predicted molar refractivity (Wildman–Crippen MR) is 49.8 cm³/mol.